The Bertz CT molecular complexity index is 1570. The fraction of sp³-hybridized carbons (Fsp3) is 0.250. The van der Waals surface area contributed by atoms with Crippen LogP contribution < -0.4 is 10.1 Å². The topological polar surface area (TPSA) is 99.2 Å². The van der Waals surface area contributed by atoms with E-state index in [2.05, 4.69) is 10.2 Å². The molecule has 2 N–H and O–H groups in total. The number of hydrogen-bond acceptors (Lipinski definition) is 7. The molecule has 43 heavy (non-hydrogen) atoms. The number of nitrogens with one attached hydrogen (secondary N) is 1. The Balaban J connectivity index is 1.29. The van der Waals surface area contributed by atoms with Crippen molar-refractivity contribution in [3.63, 3.8) is 0 Å². The zero-order chi connectivity index (χ0) is 30.3. The predicted octanol–water partition coefficient (Wildman–Crippen LogP) is 6.41. The molecule has 0 aromatic heterocycles. The van der Waals surface area contributed by atoms with E-state index >= 15 is 0 Å². The largest absolute Gasteiger partial charge is 0.492 e. The van der Waals surface area contributed by atoms with Crippen LogP contribution in [0.1, 0.15) is 35.2 Å². The van der Waals surface area contributed by atoms with Crippen molar-refractivity contribution < 1.29 is 24.2 Å². The summed E-state index contributed by atoms with van der Waals surface area (Å²) in [7, 11) is 0. The third-order valence-electron chi connectivity index (χ3n) is 7.17. The van der Waals surface area contributed by atoms with Crippen LogP contribution in [0.2, 0.25) is 5.02 Å². The van der Waals surface area contributed by atoms with Gasteiger partial charge in [0, 0.05) is 35.8 Å². The van der Waals surface area contributed by atoms with E-state index in [4.69, 9.17) is 33.7 Å². The molecule has 2 saturated heterocycles. The highest BCUT2D eigenvalue weighted by Crippen LogP contribution is 2.36. The van der Waals surface area contributed by atoms with Crippen LogP contribution in [0.25, 0.3) is 17.2 Å². The molecule has 0 atom stereocenters. The van der Waals surface area contributed by atoms with Gasteiger partial charge in [0.1, 0.15) is 16.7 Å². The van der Waals surface area contributed by atoms with Crippen LogP contribution in [0.3, 0.4) is 0 Å². The molecular weight excluding hydrogens is 606 g/mol. The van der Waals surface area contributed by atoms with E-state index in [1.165, 1.54) is 53.8 Å². The predicted molar refractivity (Wildman–Crippen MR) is 175 cm³/mol. The van der Waals surface area contributed by atoms with Crippen LogP contribution in [-0.4, -0.2) is 69.8 Å². The monoisotopic (exact) mass is 635 g/mol. The van der Waals surface area contributed by atoms with Gasteiger partial charge < -0.3 is 15.2 Å². The van der Waals surface area contributed by atoms with Crippen LogP contribution in [0, 0.1) is 0 Å². The third-order valence-corrected chi connectivity index (χ3v) is 8.78. The first-order chi connectivity index (χ1) is 20.8. The first-order valence-electron chi connectivity index (χ1n) is 13.9. The van der Waals surface area contributed by atoms with Gasteiger partial charge in [-0.05, 0) is 91.7 Å². The molecule has 11 heteroatoms. The van der Waals surface area contributed by atoms with Crippen LogP contribution in [0.4, 0.5) is 5.69 Å². The molecule has 2 amide bonds. The van der Waals surface area contributed by atoms with E-state index in [9.17, 15) is 14.4 Å². The van der Waals surface area contributed by atoms with Gasteiger partial charge >= 0.3 is 5.97 Å². The van der Waals surface area contributed by atoms with Crippen molar-refractivity contribution in [3.05, 3.63) is 87.8 Å². The second-order valence-electron chi connectivity index (χ2n) is 10.2. The fourth-order valence-electron chi connectivity index (χ4n) is 4.90. The first-order valence-corrected chi connectivity index (χ1v) is 15.5. The highest BCUT2D eigenvalue weighted by Gasteiger charge is 2.32. The van der Waals surface area contributed by atoms with Crippen LogP contribution in [0.15, 0.2) is 71.6 Å². The zero-order valence-electron chi connectivity index (χ0n) is 23.3. The van der Waals surface area contributed by atoms with Crippen molar-refractivity contribution in [2.45, 2.75) is 19.3 Å². The maximum atomic E-state index is 13.4. The minimum atomic E-state index is -1.04. The molecule has 0 bridgehead atoms. The lowest BCUT2D eigenvalue weighted by molar-refractivity contribution is -0.122. The Kier molecular flexibility index (Phi) is 10.1. The van der Waals surface area contributed by atoms with Crippen LogP contribution in [-0.2, 0) is 9.59 Å². The molecule has 2 heterocycles. The van der Waals surface area contributed by atoms with Crippen molar-refractivity contribution in [3.8, 4) is 16.9 Å². The maximum Gasteiger partial charge on any atom is 0.335 e. The minimum absolute atomic E-state index is 0.0233. The van der Waals surface area contributed by atoms with Gasteiger partial charge in [-0.25, -0.2) is 4.79 Å². The first kappa shape index (κ1) is 30.7. The quantitative estimate of drug-likeness (QED) is 0.184. The van der Waals surface area contributed by atoms with E-state index in [1.807, 2.05) is 42.5 Å². The average molecular weight is 636 g/mol. The van der Waals surface area contributed by atoms with E-state index in [0.717, 1.165) is 36.3 Å². The number of carboxylic acids is 1. The summed E-state index contributed by atoms with van der Waals surface area (Å²) in [5.41, 5.74) is 3.23. The summed E-state index contributed by atoms with van der Waals surface area (Å²) in [5, 5.41) is 12.4. The number of carboxylic acid groups (broad SMARTS) is 1. The molecule has 0 radical (unpaired) electrons. The molecule has 3 aromatic carbocycles. The number of amides is 2. The molecule has 5 rings (SSSR count). The lowest BCUT2D eigenvalue weighted by Gasteiger charge is -2.17. The van der Waals surface area contributed by atoms with E-state index in [0.29, 0.717) is 32.3 Å². The van der Waals surface area contributed by atoms with E-state index in [1.54, 1.807) is 6.08 Å². The normalized spacial score (nSPS) is 16.2. The van der Waals surface area contributed by atoms with Crippen LogP contribution >= 0.6 is 35.6 Å². The number of ether oxygens (including phenoxy) is 1. The number of anilines is 1. The highest BCUT2D eigenvalue weighted by atomic mass is 35.5. The zero-order valence-corrected chi connectivity index (χ0v) is 25.6. The number of carbonyl (C=O) groups excluding carboxylic acids is 2. The van der Waals surface area contributed by atoms with Gasteiger partial charge in [-0.3, -0.25) is 19.4 Å². The number of carbonyl (C=O) groups is 3. The molecule has 2 aliphatic heterocycles. The van der Waals surface area contributed by atoms with Gasteiger partial charge in [-0.2, -0.15) is 0 Å². The van der Waals surface area contributed by atoms with Crippen molar-refractivity contribution >= 4 is 69.4 Å². The van der Waals surface area contributed by atoms with Gasteiger partial charge in [0.2, 0.25) is 5.91 Å². The third kappa shape index (κ3) is 8.03. The summed E-state index contributed by atoms with van der Waals surface area (Å²) >= 11 is 12.9. The molecule has 0 aliphatic carbocycles. The summed E-state index contributed by atoms with van der Waals surface area (Å²) < 4.78 is 6.58. The molecule has 0 saturated carbocycles. The van der Waals surface area contributed by atoms with Crippen molar-refractivity contribution in [2.75, 3.05) is 38.1 Å². The van der Waals surface area contributed by atoms with E-state index < -0.39 is 5.97 Å². The number of rotatable bonds is 11. The van der Waals surface area contributed by atoms with Crippen LogP contribution in [0.5, 0.6) is 5.75 Å². The Morgan fingerprint density at radius 3 is 2.49 bits per heavy atom. The highest BCUT2D eigenvalue weighted by molar-refractivity contribution is 8.26. The number of halogens is 1. The summed E-state index contributed by atoms with van der Waals surface area (Å²) in [6.07, 6.45) is 4.24. The number of nitrogens with zero attached hydrogens (tertiary/aromatic N) is 2. The smallest absolute Gasteiger partial charge is 0.335 e. The summed E-state index contributed by atoms with van der Waals surface area (Å²) in [5.74, 6) is -0.963. The molecule has 0 spiro atoms. The summed E-state index contributed by atoms with van der Waals surface area (Å²) in [6, 6.07) is 19.3. The standard InChI is InChI=1S/C32H30ClN3O5S2/c33-25-5-3-4-22(19-25)23-8-11-27(41-17-16-35-13-1-2-14-35)24(18-23)20-28-30(38)36(32(42)43-28)15-12-29(37)34-26-9-6-21(7-10-26)31(39)40/h3-11,18-20H,1-2,12-17H2,(H,34,37)(H,39,40). The second kappa shape index (κ2) is 14.2. The second-order valence-corrected chi connectivity index (χ2v) is 12.3. The van der Waals surface area contributed by atoms with Crippen molar-refractivity contribution in [2.24, 2.45) is 0 Å². The molecule has 3 aromatic rings. The van der Waals surface area contributed by atoms with Gasteiger partial charge in [-0.15, -0.1) is 0 Å². The maximum absolute atomic E-state index is 13.4. The lowest BCUT2D eigenvalue weighted by Crippen LogP contribution is -2.31. The SMILES string of the molecule is O=C(CCN1C(=O)C(=Cc2cc(-c3cccc(Cl)c3)ccc2OCCN2CCCC2)SC1=S)Nc1ccc(C(=O)O)cc1. The Labute approximate surface area is 264 Å². The number of thiocarbonyl (C=S) groups is 1. The fourth-order valence-corrected chi connectivity index (χ4v) is 6.39. The molecule has 0 unspecified atom stereocenters. The lowest BCUT2D eigenvalue weighted by atomic mass is 10.0. The molecule has 2 aliphatic rings. The van der Waals surface area contributed by atoms with Gasteiger partial charge in [0.05, 0.1) is 10.5 Å². The van der Waals surface area contributed by atoms with Gasteiger partial charge in [-0.1, -0.05) is 53.8 Å². The number of thioether (sulfide) groups is 1. The van der Waals surface area contributed by atoms with Gasteiger partial charge in [0.25, 0.3) is 5.91 Å². The van der Waals surface area contributed by atoms with Gasteiger partial charge in [0.15, 0.2) is 0 Å². The summed E-state index contributed by atoms with van der Waals surface area (Å²) in [6.45, 7) is 3.65. The summed E-state index contributed by atoms with van der Waals surface area (Å²) in [4.78, 5) is 41.2. The Morgan fingerprint density at radius 2 is 1.77 bits per heavy atom. The number of aromatic carboxylic acids is 1. The Hall–Kier alpha value is -3.70. The minimum Gasteiger partial charge on any atom is -0.492 e. The average Bonchev–Trinajstić information content (AvgIpc) is 3.60. The number of likely N-dealkylation sites (tertiary alicyclic amines) is 1. The van der Waals surface area contributed by atoms with Crippen molar-refractivity contribution in [1.29, 1.82) is 0 Å². The Morgan fingerprint density at radius 1 is 1.02 bits per heavy atom. The molecule has 2 fully saturated rings. The van der Waals surface area contributed by atoms with Crippen molar-refractivity contribution in [1.82, 2.24) is 9.80 Å². The molecule has 8 nitrogen and oxygen atoms in total. The molecule has 222 valence electrons. The van der Waals surface area contributed by atoms with E-state index in [-0.39, 0.29) is 30.3 Å². The number of benzene rings is 3. The molecular formula is C32H30ClN3O5S2. The number of hydrogen-bond donors (Lipinski definition) is 2.